The number of benzene rings is 1. The van der Waals surface area contributed by atoms with Crippen LogP contribution >= 0.6 is 11.3 Å². The van der Waals surface area contributed by atoms with Gasteiger partial charge in [-0.25, -0.2) is 0 Å². The van der Waals surface area contributed by atoms with Crippen molar-refractivity contribution in [1.29, 1.82) is 0 Å². The molecule has 0 aliphatic heterocycles. The third-order valence-electron chi connectivity index (χ3n) is 3.21. The van der Waals surface area contributed by atoms with E-state index in [1.54, 1.807) is 7.11 Å². The van der Waals surface area contributed by atoms with Gasteiger partial charge in [-0.15, -0.1) is 11.3 Å². The van der Waals surface area contributed by atoms with E-state index in [2.05, 4.69) is 48.5 Å². The first-order valence-corrected chi connectivity index (χ1v) is 6.95. The summed E-state index contributed by atoms with van der Waals surface area (Å²) in [6, 6.07) is 13.0. The first-order chi connectivity index (χ1) is 8.70. The first kappa shape index (κ1) is 13.1. The zero-order valence-corrected chi connectivity index (χ0v) is 11.9. The minimum atomic E-state index is 0.451. The van der Waals surface area contributed by atoms with Gasteiger partial charge >= 0.3 is 0 Å². The second-order valence-corrected chi connectivity index (χ2v) is 5.43. The van der Waals surface area contributed by atoms with Crippen LogP contribution in [0.25, 0.3) is 0 Å². The van der Waals surface area contributed by atoms with E-state index in [0.29, 0.717) is 6.04 Å². The van der Waals surface area contributed by atoms with Crippen molar-refractivity contribution in [2.75, 3.05) is 14.2 Å². The predicted molar refractivity (Wildman–Crippen MR) is 77.2 cm³/mol. The minimum Gasteiger partial charge on any atom is -0.497 e. The molecule has 0 fully saturated rings. The first-order valence-electron chi connectivity index (χ1n) is 6.07. The van der Waals surface area contributed by atoms with E-state index in [0.717, 1.165) is 12.3 Å². The van der Waals surface area contributed by atoms with Gasteiger partial charge in [-0.2, -0.15) is 0 Å². The van der Waals surface area contributed by atoms with E-state index >= 15 is 0 Å². The van der Waals surface area contributed by atoms with Gasteiger partial charge in [0.25, 0.3) is 0 Å². The summed E-state index contributed by atoms with van der Waals surface area (Å²) in [7, 11) is 3.86. The summed E-state index contributed by atoms with van der Waals surface area (Å²) >= 11 is 1.81. The van der Waals surface area contributed by atoms with Crippen LogP contribution in [-0.2, 0) is 6.54 Å². The van der Waals surface area contributed by atoms with Crippen LogP contribution < -0.4 is 4.74 Å². The Kier molecular flexibility index (Phi) is 4.39. The molecular formula is C15H19NOS. The fourth-order valence-corrected chi connectivity index (χ4v) is 2.75. The fourth-order valence-electron chi connectivity index (χ4n) is 1.90. The molecule has 1 unspecified atom stereocenters. The molecule has 1 aromatic heterocycles. The molecule has 2 nitrogen and oxygen atoms in total. The van der Waals surface area contributed by atoms with Gasteiger partial charge in [-0.3, -0.25) is 4.90 Å². The van der Waals surface area contributed by atoms with Crippen molar-refractivity contribution in [3.05, 3.63) is 52.2 Å². The molecule has 0 radical (unpaired) electrons. The maximum absolute atomic E-state index is 5.17. The number of ether oxygens (including phenoxy) is 1. The molecule has 0 N–H and O–H groups in total. The average molecular weight is 261 g/mol. The normalized spacial score (nSPS) is 12.7. The van der Waals surface area contributed by atoms with Crippen LogP contribution in [0, 0.1) is 0 Å². The molecule has 3 heteroatoms. The van der Waals surface area contributed by atoms with Crippen molar-refractivity contribution >= 4 is 11.3 Å². The zero-order valence-electron chi connectivity index (χ0n) is 11.1. The number of hydrogen-bond acceptors (Lipinski definition) is 3. The van der Waals surface area contributed by atoms with Crippen molar-refractivity contribution in [3.8, 4) is 5.75 Å². The van der Waals surface area contributed by atoms with Crippen LogP contribution in [0.2, 0.25) is 0 Å². The Balaban J connectivity index is 1.99. The van der Waals surface area contributed by atoms with Gasteiger partial charge in [0.1, 0.15) is 5.75 Å². The lowest BCUT2D eigenvalue weighted by atomic mass is 10.1. The highest BCUT2D eigenvalue weighted by molar-refractivity contribution is 7.10. The Morgan fingerprint density at radius 1 is 1.22 bits per heavy atom. The van der Waals surface area contributed by atoms with E-state index in [1.165, 1.54) is 10.4 Å². The maximum atomic E-state index is 5.17. The van der Waals surface area contributed by atoms with Gasteiger partial charge < -0.3 is 4.74 Å². The molecule has 0 bridgehead atoms. The smallest absolute Gasteiger partial charge is 0.118 e. The third-order valence-corrected chi connectivity index (χ3v) is 4.25. The highest BCUT2D eigenvalue weighted by Gasteiger charge is 2.12. The number of thiophene rings is 1. The molecule has 96 valence electrons. The highest BCUT2D eigenvalue weighted by Crippen LogP contribution is 2.25. The molecule has 1 atom stereocenters. The molecule has 2 aromatic rings. The zero-order chi connectivity index (χ0) is 13.0. The van der Waals surface area contributed by atoms with Crippen LogP contribution in [0.5, 0.6) is 5.75 Å². The van der Waals surface area contributed by atoms with Gasteiger partial charge in [0.2, 0.25) is 0 Å². The molecule has 0 saturated heterocycles. The number of hydrogen-bond donors (Lipinski definition) is 0. The molecule has 0 amide bonds. The van der Waals surface area contributed by atoms with E-state index in [1.807, 2.05) is 23.5 Å². The fraction of sp³-hybridized carbons (Fsp3) is 0.333. The molecule has 2 rings (SSSR count). The molecule has 1 aromatic carbocycles. The maximum Gasteiger partial charge on any atom is 0.118 e. The van der Waals surface area contributed by atoms with Crippen molar-refractivity contribution in [3.63, 3.8) is 0 Å². The molecule has 0 spiro atoms. The lowest BCUT2D eigenvalue weighted by Gasteiger charge is -2.23. The summed E-state index contributed by atoms with van der Waals surface area (Å²) in [5.74, 6) is 0.910. The minimum absolute atomic E-state index is 0.451. The summed E-state index contributed by atoms with van der Waals surface area (Å²) in [6.45, 7) is 3.19. The Hall–Kier alpha value is -1.32. The Bertz CT molecular complexity index is 464. The number of methoxy groups -OCH3 is 1. The van der Waals surface area contributed by atoms with Crippen LogP contribution in [0.3, 0.4) is 0 Å². The summed E-state index contributed by atoms with van der Waals surface area (Å²) in [5, 5.41) is 2.13. The van der Waals surface area contributed by atoms with E-state index < -0.39 is 0 Å². The van der Waals surface area contributed by atoms with Crippen LogP contribution in [0.4, 0.5) is 0 Å². The summed E-state index contributed by atoms with van der Waals surface area (Å²) in [5.41, 5.74) is 1.31. The van der Waals surface area contributed by atoms with E-state index in [9.17, 15) is 0 Å². The summed E-state index contributed by atoms with van der Waals surface area (Å²) in [4.78, 5) is 3.76. The van der Waals surface area contributed by atoms with Crippen LogP contribution in [0.1, 0.15) is 23.4 Å². The van der Waals surface area contributed by atoms with Crippen LogP contribution in [-0.4, -0.2) is 19.1 Å². The second-order valence-electron chi connectivity index (χ2n) is 4.45. The van der Waals surface area contributed by atoms with Gasteiger partial charge in [-0.1, -0.05) is 18.2 Å². The topological polar surface area (TPSA) is 12.5 Å². The lowest BCUT2D eigenvalue weighted by Crippen LogP contribution is -2.21. The average Bonchev–Trinajstić information content (AvgIpc) is 2.92. The van der Waals surface area contributed by atoms with E-state index in [-0.39, 0.29) is 0 Å². The van der Waals surface area contributed by atoms with E-state index in [4.69, 9.17) is 4.74 Å². The third kappa shape index (κ3) is 3.12. The van der Waals surface area contributed by atoms with Gasteiger partial charge in [0.05, 0.1) is 7.11 Å². The summed E-state index contributed by atoms with van der Waals surface area (Å²) in [6.07, 6.45) is 0. The van der Waals surface area contributed by atoms with Crippen LogP contribution in [0.15, 0.2) is 41.8 Å². The number of rotatable bonds is 5. The number of nitrogens with zero attached hydrogens (tertiary/aromatic N) is 1. The SMILES string of the molecule is COc1ccc(CN(C)C(C)c2cccs2)cc1. The second kappa shape index (κ2) is 6.03. The summed E-state index contributed by atoms with van der Waals surface area (Å²) < 4.78 is 5.17. The Labute approximate surface area is 113 Å². The van der Waals surface area contributed by atoms with Crippen molar-refractivity contribution in [2.24, 2.45) is 0 Å². The Morgan fingerprint density at radius 3 is 2.50 bits per heavy atom. The molecular weight excluding hydrogens is 242 g/mol. The molecule has 0 saturated carbocycles. The molecule has 18 heavy (non-hydrogen) atoms. The Morgan fingerprint density at radius 2 is 1.94 bits per heavy atom. The van der Waals surface area contributed by atoms with Gasteiger partial charge in [0.15, 0.2) is 0 Å². The monoisotopic (exact) mass is 261 g/mol. The van der Waals surface area contributed by atoms with Crippen molar-refractivity contribution in [1.82, 2.24) is 4.90 Å². The van der Waals surface area contributed by atoms with Gasteiger partial charge in [0, 0.05) is 17.5 Å². The largest absolute Gasteiger partial charge is 0.497 e. The molecule has 1 heterocycles. The van der Waals surface area contributed by atoms with Crippen molar-refractivity contribution in [2.45, 2.75) is 19.5 Å². The standard InChI is InChI=1S/C15H19NOS/c1-12(15-5-4-10-18-15)16(2)11-13-6-8-14(17-3)9-7-13/h4-10,12H,11H2,1-3H3. The van der Waals surface area contributed by atoms with Gasteiger partial charge in [-0.05, 0) is 43.1 Å². The van der Waals surface area contributed by atoms with Crippen molar-refractivity contribution < 1.29 is 4.74 Å². The molecule has 0 aliphatic carbocycles. The predicted octanol–water partition coefficient (Wildman–Crippen LogP) is 3.95. The quantitative estimate of drug-likeness (QED) is 0.808. The highest BCUT2D eigenvalue weighted by atomic mass is 32.1. The molecule has 0 aliphatic rings. The lowest BCUT2D eigenvalue weighted by molar-refractivity contribution is 0.256.